The lowest BCUT2D eigenvalue weighted by molar-refractivity contribution is 0.0952. The van der Waals surface area contributed by atoms with Crippen molar-refractivity contribution in [3.8, 4) is 0 Å². The standard InChI is InChI=1S/C14H23N3O2/c1-9(2)11-4-5-17(7-11)8-12-6-13(10(3)19-12)14(18)16-15/h6,9,11H,4-5,7-8,15H2,1-3H3,(H,16,18). The molecule has 1 saturated heterocycles. The molecule has 0 spiro atoms. The number of hydrogen-bond donors (Lipinski definition) is 2. The minimum Gasteiger partial charge on any atom is -0.464 e. The van der Waals surface area contributed by atoms with Crippen molar-refractivity contribution in [3.63, 3.8) is 0 Å². The van der Waals surface area contributed by atoms with Gasteiger partial charge in [-0.2, -0.15) is 0 Å². The first-order chi connectivity index (χ1) is 9.01. The number of carbonyl (C=O) groups excluding carboxylic acids is 1. The molecule has 1 amide bonds. The molecule has 1 aliphatic heterocycles. The number of hydrogen-bond acceptors (Lipinski definition) is 4. The Labute approximate surface area is 114 Å². The second-order valence-electron chi connectivity index (χ2n) is 5.68. The van der Waals surface area contributed by atoms with Crippen molar-refractivity contribution >= 4 is 5.91 Å². The van der Waals surface area contributed by atoms with E-state index < -0.39 is 0 Å². The third-order valence-corrected chi connectivity index (χ3v) is 3.98. The Kier molecular flexibility index (Phi) is 4.27. The fourth-order valence-electron chi connectivity index (χ4n) is 2.70. The lowest BCUT2D eigenvalue weighted by Gasteiger charge is -2.16. The molecule has 5 heteroatoms. The first-order valence-corrected chi connectivity index (χ1v) is 6.84. The van der Waals surface area contributed by atoms with Gasteiger partial charge in [-0.15, -0.1) is 0 Å². The van der Waals surface area contributed by atoms with E-state index in [2.05, 4.69) is 24.2 Å². The van der Waals surface area contributed by atoms with Crippen LogP contribution in [0.2, 0.25) is 0 Å². The highest BCUT2D eigenvalue weighted by Gasteiger charge is 2.26. The molecule has 5 nitrogen and oxygen atoms in total. The summed E-state index contributed by atoms with van der Waals surface area (Å²) in [6.07, 6.45) is 1.24. The number of likely N-dealkylation sites (tertiary alicyclic amines) is 1. The molecular formula is C14H23N3O2. The highest BCUT2D eigenvalue weighted by Crippen LogP contribution is 2.25. The monoisotopic (exact) mass is 265 g/mol. The van der Waals surface area contributed by atoms with Crippen molar-refractivity contribution in [1.29, 1.82) is 0 Å². The van der Waals surface area contributed by atoms with Gasteiger partial charge in [0, 0.05) is 6.54 Å². The molecule has 19 heavy (non-hydrogen) atoms. The zero-order chi connectivity index (χ0) is 14.0. The first kappa shape index (κ1) is 14.1. The number of aryl methyl sites for hydroxylation is 1. The van der Waals surface area contributed by atoms with Gasteiger partial charge < -0.3 is 4.42 Å². The molecule has 3 N–H and O–H groups in total. The summed E-state index contributed by atoms with van der Waals surface area (Å²) in [5, 5.41) is 0. The molecule has 1 unspecified atom stereocenters. The van der Waals surface area contributed by atoms with Gasteiger partial charge in [0.05, 0.1) is 12.1 Å². The molecule has 0 aromatic carbocycles. The highest BCUT2D eigenvalue weighted by atomic mass is 16.3. The average Bonchev–Trinajstić information content (AvgIpc) is 2.96. The molecule has 2 rings (SSSR count). The lowest BCUT2D eigenvalue weighted by Crippen LogP contribution is -2.30. The summed E-state index contributed by atoms with van der Waals surface area (Å²) in [5.74, 6) is 7.80. The minimum absolute atomic E-state index is 0.297. The summed E-state index contributed by atoms with van der Waals surface area (Å²) in [6, 6.07) is 1.79. The molecule has 1 aliphatic rings. The van der Waals surface area contributed by atoms with Gasteiger partial charge >= 0.3 is 0 Å². The molecule has 1 aromatic heterocycles. The quantitative estimate of drug-likeness (QED) is 0.493. The normalized spacial score (nSPS) is 20.2. The van der Waals surface area contributed by atoms with Crippen molar-refractivity contribution in [2.45, 2.75) is 33.7 Å². The van der Waals surface area contributed by atoms with Crippen molar-refractivity contribution < 1.29 is 9.21 Å². The molecule has 2 heterocycles. The predicted octanol–water partition coefficient (Wildman–Crippen LogP) is 1.67. The third kappa shape index (κ3) is 3.16. The summed E-state index contributed by atoms with van der Waals surface area (Å²) in [7, 11) is 0. The van der Waals surface area contributed by atoms with E-state index in [0.29, 0.717) is 11.3 Å². The van der Waals surface area contributed by atoms with E-state index in [-0.39, 0.29) is 5.91 Å². The Bertz CT molecular complexity index is 454. The number of carbonyl (C=O) groups is 1. The fraction of sp³-hybridized carbons (Fsp3) is 0.643. The Hall–Kier alpha value is -1.33. The van der Waals surface area contributed by atoms with Crippen molar-refractivity contribution in [3.05, 3.63) is 23.2 Å². The van der Waals surface area contributed by atoms with Crippen LogP contribution in [0.5, 0.6) is 0 Å². The van der Waals surface area contributed by atoms with E-state index in [1.807, 2.05) is 0 Å². The number of nitrogens with one attached hydrogen (secondary N) is 1. The van der Waals surface area contributed by atoms with Crippen LogP contribution in [0.25, 0.3) is 0 Å². The minimum atomic E-state index is -0.297. The van der Waals surface area contributed by atoms with Crippen LogP contribution < -0.4 is 11.3 Å². The van der Waals surface area contributed by atoms with Crippen molar-refractivity contribution in [2.24, 2.45) is 17.7 Å². The Balaban J connectivity index is 1.99. The lowest BCUT2D eigenvalue weighted by atomic mass is 9.95. The van der Waals surface area contributed by atoms with Crippen LogP contribution >= 0.6 is 0 Å². The number of nitrogen functional groups attached to an aromatic ring is 1. The number of rotatable bonds is 4. The maximum Gasteiger partial charge on any atom is 0.268 e. The van der Waals surface area contributed by atoms with Gasteiger partial charge in [0.2, 0.25) is 0 Å². The van der Waals surface area contributed by atoms with Gasteiger partial charge in [-0.3, -0.25) is 15.1 Å². The van der Waals surface area contributed by atoms with E-state index in [1.165, 1.54) is 6.42 Å². The largest absolute Gasteiger partial charge is 0.464 e. The number of nitrogens with zero attached hydrogens (tertiary/aromatic N) is 1. The fourth-order valence-corrected chi connectivity index (χ4v) is 2.70. The zero-order valence-corrected chi connectivity index (χ0v) is 11.9. The maximum absolute atomic E-state index is 11.5. The van der Waals surface area contributed by atoms with E-state index in [1.54, 1.807) is 13.0 Å². The van der Waals surface area contributed by atoms with E-state index >= 15 is 0 Å². The smallest absolute Gasteiger partial charge is 0.268 e. The number of nitrogens with two attached hydrogens (primary N) is 1. The van der Waals surface area contributed by atoms with Crippen LogP contribution in [-0.4, -0.2) is 23.9 Å². The molecule has 106 valence electrons. The van der Waals surface area contributed by atoms with Crippen LogP contribution in [0.1, 0.15) is 42.1 Å². The summed E-state index contributed by atoms with van der Waals surface area (Å²) < 4.78 is 5.64. The van der Waals surface area contributed by atoms with Crippen molar-refractivity contribution in [2.75, 3.05) is 13.1 Å². The van der Waals surface area contributed by atoms with Gasteiger partial charge in [-0.05, 0) is 37.8 Å². The highest BCUT2D eigenvalue weighted by molar-refractivity contribution is 5.94. The third-order valence-electron chi connectivity index (χ3n) is 3.98. The van der Waals surface area contributed by atoms with E-state index in [4.69, 9.17) is 10.3 Å². The maximum atomic E-state index is 11.5. The summed E-state index contributed by atoms with van der Waals surface area (Å²) in [5.41, 5.74) is 2.66. The number of furan rings is 1. The second kappa shape index (κ2) is 5.75. The topological polar surface area (TPSA) is 71.5 Å². The van der Waals surface area contributed by atoms with Crippen LogP contribution in [0.3, 0.4) is 0 Å². The van der Waals surface area contributed by atoms with E-state index in [9.17, 15) is 4.79 Å². The molecule has 0 aliphatic carbocycles. The molecule has 1 aromatic rings. The van der Waals surface area contributed by atoms with Crippen LogP contribution in [0, 0.1) is 18.8 Å². The molecule has 0 saturated carbocycles. The van der Waals surface area contributed by atoms with E-state index in [0.717, 1.165) is 37.2 Å². The van der Waals surface area contributed by atoms with Gasteiger partial charge in [-0.1, -0.05) is 13.8 Å². The average molecular weight is 265 g/mol. The molecule has 0 radical (unpaired) electrons. The summed E-state index contributed by atoms with van der Waals surface area (Å²) in [6.45, 7) is 9.30. The van der Waals surface area contributed by atoms with Crippen molar-refractivity contribution in [1.82, 2.24) is 10.3 Å². The zero-order valence-electron chi connectivity index (χ0n) is 11.9. The predicted molar refractivity (Wildman–Crippen MR) is 73.3 cm³/mol. The Morgan fingerprint density at radius 2 is 2.37 bits per heavy atom. The number of hydrazine groups is 1. The van der Waals surface area contributed by atoms with Crippen LogP contribution in [0.15, 0.2) is 10.5 Å². The van der Waals surface area contributed by atoms with Crippen LogP contribution in [0.4, 0.5) is 0 Å². The summed E-state index contributed by atoms with van der Waals surface area (Å²) >= 11 is 0. The molecule has 1 atom stereocenters. The second-order valence-corrected chi connectivity index (χ2v) is 5.68. The number of amides is 1. The van der Waals surface area contributed by atoms with Gasteiger partial charge in [0.15, 0.2) is 0 Å². The molecule has 1 fully saturated rings. The van der Waals surface area contributed by atoms with Crippen LogP contribution in [-0.2, 0) is 6.54 Å². The SMILES string of the molecule is Cc1oc(CN2CCC(C(C)C)C2)cc1C(=O)NN. The van der Waals surface area contributed by atoms with Gasteiger partial charge in [0.25, 0.3) is 5.91 Å². The Morgan fingerprint density at radius 1 is 1.63 bits per heavy atom. The molecule has 0 bridgehead atoms. The first-order valence-electron chi connectivity index (χ1n) is 6.84. The van der Waals surface area contributed by atoms with Gasteiger partial charge in [-0.25, -0.2) is 5.84 Å². The molecular weight excluding hydrogens is 242 g/mol. The summed E-state index contributed by atoms with van der Waals surface area (Å²) in [4.78, 5) is 13.9. The Morgan fingerprint density at radius 3 is 2.95 bits per heavy atom. The van der Waals surface area contributed by atoms with Gasteiger partial charge in [0.1, 0.15) is 11.5 Å².